The summed E-state index contributed by atoms with van der Waals surface area (Å²) in [6, 6.07) is 3.08. The summed E-state index contributed by atoms with van der Waals surface area (Å²) in [4.78, 5) is 22.3. The molecule has 116 valence electrons. The molecule has 2 aromatic heterocycles. The fraction of sp³-hybridized carbons (Fsp3) is 0.467. The van der Waals surface area contributed by atoms with Crippen molar-refractivity contribution in [2.45, 2.75) is 26.2 Å². The Hall–Kier alpha value is -2.44. The third-order valence-corrected chi connectivity index (χ3v) is 3.93. The number of amides is 1. The minimum atomic E-state index is -0.216. The van der Waals surface area contributed by atoms with Crippen molar-refractivity contribution in [3.63, 3.8) is 0 Å². The normalized spacial score (nSPS) is 16.0. The number of hydrogen-bond acceptors (Lipinski definition) is 6. The number of aromatic hydroxyl groups is 1. The van der Waals surface area contributed by atoms with Gasteiger partial charge in [-0.3, -0.25) is 4.79 Å². The van der Waals surface area contributed by atoms with Gasteiger partial charge < -0.3 is 14.5 Å². The second kappa shape index (κ2) is 6.13. The van der Waals surface area contributed by atoms with Gasteiger partial charge in [-0.25, -0.2) is 4.98 Å². The molecule has 1 aliphatic heterocycles. The van der Waals surface area contributed by atoms with Crippen molar-refractivity contribution < 1.29 is 14.4 Å². The first-order chi connectivity index (χ1) is 10.6. The highest BCUT2D eigenvalue weighted by Gasteiger charge is 2.26. The summed E-state index contributed by atoms with van der Waals surface area (Å²) in [6.45, 7) is 3.07. The van der Waals surface area contributed by atoms with Crippen LogP contribution in [-0.4, -0.2) is 44.1 Å². The van der Waals surface area contributed by atoms with Crippen LogP contribution in [0.1, 0.15) is 35.0 Å². The zero-order valence-electron chi connectivity index (χ0n) is 12.4. The third-order valence-electron chi connectivity index (χ3n) is 3.93. The minimum absolute atomic E-state index is 0.0723. The van der Waals surface area contributed by atoms with E-state index in [0.717, 1.165) is 25.1 Å². The largest absolute Gasteiger partial charge is 0.505 e. The van der Waals surface area contributed by atoms with E-state index in [4.69, 9.17) is 4.52 Å². The lowest BCUT2D eigenvalue weighted by Crippen LogP contribution is -2.39. The summed E-state index contributed by atoms with van der Waals surface area (Å²) < 4.78 is 4.97. The van der Waals surface area contributed by atoms with Gasteiger partial charge in [-0.2, -0.15) is 4.98 Å². The van der Waals surface area contributed by atoms with Crippen molar-refractivity contribution in [2.24, 2.45) is 5.92 Å². The first kappa shape index (κ1) is 14.5. The lowest BCUT2D eigenvalue weighted by atomic mass is 9.93. The molecule has 0 spiro atoms. The molecular formula is C15H18N4O3. The SMILES string of the molecule is Cc1nc(CC2CCN(C(=O)c3ncccc3O)CC2)no1. The molecular weight excluding hydrogens is 284 g/mol. The van der Waals surface area contributed by atoms with Crippen LogP contribution in [0, 0.1) is 12.8 Å². The quantitative estimate of drug-likeness (QED) is 0.925. The molecule has 7 heteroatoms. The summed E-state index contributed by atoms with van der Waals surface area (Å²) in [5.41, 5.74) is 0.120. The fourth-order valence-electron chi connectivity index (χ4n) is 2.73. The van der Waals surface area contributed by atoms with Crippen LogP contribution in [0.15, 0.2) is 22.9 Å². The molecule has 2 aromatic rings. The first-order valence-corrected chi connectivity index (χ1v) is 7.36. The van der Waals surface area contributed by atoms with Crippen molar-refractivity contribution in [2.75, 3.05) is 13.1 Å². The van der Waals surface area contributed by atoms with E-state index in [1.807, 2.05) is 0 Å². The van der Waals surface area contributed by atoms with E-state index in [-0.39, 0.29) is 17.4 Å². The van der Waals surface area contributed by atoms with E-state index in [0.29, 0.717) is 24.9 Å². The van der Waals surface area contributed by atoms with E-state index in [1.165, 1.54) is 12.3 Å². The lowest BCUT2D eigenvalue weighted by molar-refractivity contribution is 0.0680. The number of carbonyl (C=O) groups excluding carboxylic acids is 1. The molecule has 1 N–H and O–H groups in total. The van der Waals surface area contributed by atoms with E-state index in [2.05, 4.69) is 15.1 Å². The summed E-state index contributed by atoms with van der Waals surface area (Å²) in [7, 11) is 0. The molecule has 1 fully saturated rings. The van der Waals surface area contributed by atoms with Crippen molar-refractivity contribution in [3.05, 3.63) is 35.7 Å². The fourth-order valence-corrected chi connectivity index (χ4v) is 2.73. The van der Waals surface area contributed by atoms with Gasteiger partial charge >= 0.3 is 0 Å². The van der Waals surface area contributed by atoms with Crippen LogP contribution >= 0.6 is 0 Å². The Kier molecular flexibility index (Phi) is 4.04. The van der Waals surface area contributed by atoms with Gasteiger partial charge in [0.05, 0.1) is 0 Å². The minimum Gasteiger partial charge on any atom is -0.505 e. The first-order valence-electron chi connectivity index (χ1n) is 7.36. The molecule has 0 aliphatic carbocycles. The van der Waals surface area contributed by atoms with Gasteiger partial charge in [-0.15, -0.1) is 0 Å². The molecule has 22 heavy (non-hydrogen) atoms. The lowest BCUT2D eigenvalue weighted by Gasteiger charge is -2.31. The topological polar surface area (TPSA) is 92.4 Å². The smallest absolute Gasteiger partial charge is 0.276 e. The molecule has 1 saturated heterocycles. The van der Waals surface area contributed by atoms with Crippen LogP contribution in [0.4, 0.5) is 0 Å². The van der Waals surface area contributed by atoms with Crippen molar-refractivity contribution >= 4 is 5.91 Å². The van der Waals surface area contributed by atoms with Gasteiger partial charge in [0.25, 0.3) is 5.91 Å². The van der Waals surface area contributed by atoms with Crippen molar-refractivity contribution in [3.8, 4) is 5.75 Å². The van der Waals surface area contributed by atoms with Crippen LogP contribution in [-0.2, 0) is 6.42 Å². The Morgan fingerprint density at radius 2 is 2.23 bits per heavy atom. The molecule has 0 saturated carbocycles. The molecule has 1 aliphatic rings. The van der Waals surface area contributed by atoms with Crippen LogP contribution in [0.3, 0.4) is 0 Å². The van der Waals surface area contributed by atoms with Gasteiger partial charge in [-0.05, 0) is 30.9 Å². The van der Waals surface area contributed by atoms with E-state index >= 15 is 0 Å². The van der Waals surface area contributed by atoms with Crippen LogP contribution < -0.4 is 0 Å². The van der Waals surface area contributed by atoms with Crippen LogP contribution in [0.2, 0.25) is 0 Å². The zero-order valence-corrected chi connectivity index (χ0v) is 12.4. The summed E-state index contributed by atoms with van der Waals surface area (Å²) in [5.74, 6) is 1.46. The number of nitrogens with zero attached hydrogens (tertiary/aromatic N) is 4. The van der Waals surface area contributed by atoms with Crippen molar-refractivity contribution in [1.29, 1.82) is 0 Å². The van der Waals surface area contributed by atoms with Crippen molar-refractivity contribution in [1.82, 2.24) is 20.0 Å². The Labute approximate surface area is 128 Å². The van der Waals surface area contributed by atoms with Crippen LogP contribution in [0.25, 0.3) is 0 Å². The molecule has 0 unspecified atom stereocenters. The van der Waals surface area contributed by atoms with E-state index < -0.39 is 0 Å². The molecule has 0 atom stereocenters. The number of carbonyl (C=O) groups is 1. The number of likely N-dealkylation sites (tertiary alicyclic amines) is 1. The van der Waals surface area contributed by atoms with Gasteiger partial charge in [0.1, 0.15) is 5.75 Å². The van der Waals surface area contributed by atoms with E-state index in [1.54, 1.807) is 17.9 Å². The number of aryl methyl sites for hydroxylation is 1. The number of aromatic nitrogens is 3. The number of rotatable bonds is 3. The second-order valence-electron chi connectivity index (χ2n) is 5.54. The molecule has 7 nitrogen and oxygen atoms in total. The number of pyridine rings is 1. The maximum absolute atomic E-state index is 12.4. The maximum Gasteiger partial charge on any atom is 0.276 e. The second-order valence-corrected chi connectivity index (χ2v) is 5.54. The van der Waals surface area contributed by atoms with Gasteiger partial charge in [0, 0.05) is 32.6 Å². The highest BCUT2D eigenvalue weighted by Crippen LogP contribution is 2.23. The number of piperidine rings is 1. The van der Waals surface area contributed by atoms with Gasteiger partial charge in [-0.1, -0.05) is 5.16 Å². The Morgan fingerprint density at radius 3 is 2.86 bits per heavy atom. The zero-order chi connectivity index (χ0) is 15.5. The van der Waals surface area contributed by atoms with Gasteiger partial charge in [0.15, 0.2) is 11.5 Å². The highest BCUT2D eigenvalue weighted by atomic mass is 16.5. The highest BCUT2D eigenvalue weighted by molar-refractivity contribution is 5.94. The molecule has 0 bridgehead atoms. The Morgan fingerprint density at radius 1 is 1.45 bits per heavy atom. The standard InChI is InChI=1S/C15H18N4O3/c1-10-17-13(18-22-10)9-11-4-7-19(8-5-11)15(21)14-12(20)3-2-6-16-14/h2-3,6,11,20H,4-5,7-9H2,1H3. The molecule has 0 aromatic carbocycles. The number of hydrogen-bond donors (Lipinski definition) is 1. The molecule has 3 rings (SSSR count). The summed E-state index contributed by atoms with van der Waals surface area (Å²) in [6.07, 6.45) is 4.05. The van der Waals surface area contributed by atoms with Crippen LogP contribution in [0.5, 0.6) is 5.75 Å². The molecule has 3 heterocycles. The molecule has 0 radical (unpaired) electrons. The Bertz CT molecular complexity index is 662. The van der Waals surface area contributed by atoms with E-state index in [9.17, 15) is 9.90 Å². The third kappa shape index (κ3) is 3.08. The maximum atomic E-state index is 12.4. The monoisotopic (exact) mass is 302 g/mol. The average Bonchev–Trinajstić information content (AvgIpc) is 2.93. The predicted octanol–water partition coefficient (Wildman–Crippen LogP) is 1.57. The Balaban J connectivity index is 1.57. The summed E-state index contributed by atoms with van der Waals surface area (Å²) in [5, 5.41) is 13.6. The predicted molar refractivity (Wildman–Crippen MR) is 77.3 cm³/mol. The average molecular weight is 302 g/mol. The molecule has 1 amide bonds. The van der Waals surface area contributed by atoms with Gasteiger partial charge in [0.2, 0.25) is 5.89 Å². The summed E-state index contributed by atoms with van der Waals surface area (Å²) >= 11 is 0.